The Balaban J connectivity index is 1.85. The molecule has 0 N–H and O–H groups in total. The molecule has 2 rings (SSSR count). The molecule has 138 valence electrons. The van der Waals surface area contributed by atoms with E-state index in [1.165, 1.54) is 31.4 Å². The molecule has 1 fully saturated rings. The topological polar surface area (TPSA) is 27.1 Å². The Bertz CT molecular complexity index is 529. The van der Waals surface area contributed by atoms with Crippen LogP contribution in [0.2, 0.25) is 18.1 Å². The standard InChI is InChI=1S/C20H38N2OSi/c1-19(2,3)18-13-14-22(21-18)17-11-9-16(10-12-17)15-23-24(7,8)20(4,5)6/h13-14,16-17H,9-12,15H2,1-8H3. The van der Waals surface area contributed by atoms with E-state index in [1.54, 1.807) is 0 Å². The highest BCUT2D eigenvalue weighted by Crippen LogP contribution is 2.38. The summed E-state index contributed by atoms with van der Waals surface area (Å²) in [4.78, 5) is 0. The lowest BCUT2D eigenvalue weighted by atomic mass is 9.87. The molecule has 1 aromatic heterocycles. The van der Waals surface area contributed by atoms with Gasteiger partial charge in [0.05, 0.1) is 11.7 Å². The maximum Gasteiger partial charge on any atom is 0.191 e. The molecule has 0 aromatic carbocycles. The fourth-order valence-corrected chi connectivity index (χ4v) is 4.15. The molecule has 0 unspecified atom stereocenters. The summed E-state index contributed by atoms with van der Waals surface area (Å²) in [5.74, 6) is 0.730. The van der Waals surface area contributed by atoms with Gasteiger partial charge in [0.1, 0.15) is 0 Å². The van der Waals surface area contributed by atoms with Gasteiger partial charge in [-0.1, -0.05) is 41.5 Å². The fraction of sp³-hybridized carbons (Fsp3) is 0.850. The van der Waals surface area contributed by atoms with Crippen LogP contribution in [-0.4, -0.2) is 24.7 Å². The van der Waals surface area contributed by atoms with Gasteiger partial charge in [0.2, 0.25) is 0 Å². The monoisotopic (exact) mass is 350 g/mol. The van der Waals surface area contributed by atoms with Crippen molar-refractivity contribution in [1.82, 2.24) is 9.78 Å². The third-order valence-electron chi connectivity index (χ3n) is 6.05. The van der Waals surface area contributed by atoms with Crippen LogP contribution in [0.1, 0.15) is 79.0 Å². The van der Waals surface area contributed by atoms with Crippen molar-refractivity contribution >= 4 is 8.32 Å². The molecule has 24 heavy (non-hydrogen) atoms. The molecule has 0 amide bonds. The zero-order valence-electron chi connectivity index (χ0n) is 17.1. The third kappa shape index (κ3) is 4.72. The van der Waals surface area contributed by atoms with Crippen molar-refractivity contribution in [3.63, 3.8) is 0 Å². The first-order valence-corrected chi connectivity index (χ1v) is 12.5. The number of rotatable bonds is 4. The molecule has 3 nitrogen and oxygen atoms in total. The first kappa shape index (κ1) is 19.7. The summed E-state index contributed by atoms with van der Waals surface area (Å²) in [6.45, 7) is 19.3. The summed E-state index contributed by atoms with van der Waals surface area (Å²) in [7, 11) is -1.61. The van der Waals surface area contributed by atoms with Crippen molar-refractivity contribution in [2.24, 2.45) is 5.92 Å². The Morgan fingerprint density at radius 2 is 1.67 bits per heavy atom. The second-order valence-electron chi connectivity index (χ2n) is 10.2. The molecule has 0 radical (unpaired) electrons. The van der Waals surface area contributed by atoms with Gasteiger partial charge >= 0.3 is 0 Å². The highest BCUT2D eigenvalue weighted by Gasteiger charge is 2.38. The Kier molecular flexibility index (Phi) is 5.71. The molecule has 0 saturated heterocycles. The van der Waals surface area contributed by atoms with E-state index in [0.717, 1.165) is 12.5 Å². The predicted molar refractivity (Wildman–Crippen MR) is 105 cm³/mol. The molecule has 0 bridgehead atoms. The van der Waals surface area contributed by atoms with Crippen molar-refractivity contribution < 1.29 is 4.43 Å². The second-order valence-corrected chi connectivity index (χ2v) is 15.0. The first-order chi connectivity index (χ1) is 10.9. The Labute approximate surface area is 150 Å². The van der Waals surface area contributed by atoms with Gasteiger partial charge < -0.3 is 4.43 Å². The molecule has 0 atom stereocenters. The van der Waals surface area contributed by atoms with Crippen LogP contribution in [0.25, 0.3) is 0 Å². The van der Waals surface area contributed by atoms with E-state index < -0.39 is 8.32 Å². The van der Waals surface area contributed by atoms with E-state index >= 15 is 0 Å². The van der Waals surface area contributed by atoms with Crippen LogP contribution < -0.4 is 0 Å². The highest BCUT2D eigenvalue weighted by atomic mass is 28.4. The molecule has 1 aliphatic carbocycles. The average Bonchev–Trinajstić information content (AvgIpc) is 2.94. The number of aromatic nitrogens is 2. The second kappa shape index (κ2) is 6.95. The molecule has 4 heteroatoms. The predicted octanol–water partition coefficient (Wildman–Crippen LogP) is 5.93. The summed E-state index contributed by atoms with van der Waals surface area (Å²) >= 11 is 0. The lowest BCUT2D eigenvalue weighted by Crippen LogP contribution is -2.42. The van der Waals surface area contributed by atoms with Gasteiger partial charge in [-0.05, 0) is 55.8 Å². The van der Waals surface area contributed by atoms with Crippen LogP contribution in [0.5, 0.6) is 0 Å². The van der Waals surface area contributed by atoms with Crippen LogP contribution in [0.15, 0.2) is 12.3 Å². The summed E-state index contributed by atoms with van der Waals surface area (Å²) in [5, 5.41) is 5.15. The summed E-state index contributed by atoms with van der Waals surface area (Å²) < 4.78 is 8.65. The maximum atomic E-state index is 6.44. The highest BCUT2D eigenvalue weighted by molar-refractivity contribution is 6.74. The minimum atomic E-state index is -1.61. The van der Waals surface area contributed by atoms with Gasteiger partial charge in [-0.25, -0.2) is 0 Å². The number of hydrogen-bond donors (Lipinski definition) is 0. The third-order valence-corrected chi connectivity index (χ3v) is 10.6. The zero-order chi connectivity index (χ0) is 18.2. The maximum absolute atomic E-state index is 6.44. The van der Waals surface area contributed by atoms with Crippen LogP contribution in [0.4, 0.5) is 0 Å². The lowest BCUT2D eigenvalue weighted by molar-refractivity contribution is 0.168. The lowest BCUT2D eigenvalue weighted by Gasteiger charge is -2.38. The van der Waals surface area contributed by atoms with Crippen molar-refractivity contribution in [1.29, 1.82) is 0 Å². The van der Waals surface area contributed by atoms with Gasteiger partial charge in [-0.3, -0.25) is 4.68 Å². The van der Waals surface area contributed by atoms with E-state index in [9.17, 15) is 0 Å². The van der Waals surface area contributed by atoms with Crippen molar-refractivity contribution in [3.05, 3.63) is 18.0 Å². The summed E-state index contributed by atoms with van der Waals surface area (Å²) in [5.41, 5.74) is 1.34. The normalized spacial score (nSPS) is 23.5. The first-order valence-electron chi connectivity index (χ1n) is 9.60. The average molecular weight is 351 g/mol. The molecule has 0 spiro atoms. The minimum Gasteiger partial charge on any atom is -0.417 e. The smallest absolute Gasteiger partial charge is 0.191 e. The number of hydrogen-bond acceptors (Lipinski definition) is 2. The minimum absolute atomic E-state index is 0.138. The molecule has 1 aliphatic rings. The van der Waals surface area contributed by atoms with E-state index in [-0.39, 0.29) is 5.41 Å². The van der Waals surface area contributed by atoms with Gasteiger partial charge in [0, 0.05) is 18.2 Å². The Hall–Kier alpha value is -0.613. The van der Waals surface area contributed by atoms with Crippen LogP contribution in [-0.2, 0) is 9.84 Å². The quantitative estimate of drug-likeness (QED) is 0.629. The molecule has 0 aliphatic heterocycles. The summed E-state index contributed by atoms with van der Waals surface area (Å²) in [6.07, 6.45) is 7.18. The largest absolute Gasteiger partial charge is 0.417 e. The molecule has 1 saturated carbocycles. The van der Waals surface area contributed by atoms with E-state index in [0.29, 0.717) is 11.1 Å². The van der Waals surface area contributed by atoms with Crippen LogP contribution >= 0.6 is 0 Å². The molecular weight excluding hydrogens is 312 g/mol. The number of nitrogens with zero attached hydrogens (tertiary/aromatic N) is 2. The molecular formula is C20H38N2OSi. The fourth-order valence-electron chi connectivity index (χ4n) is 3.06. The molecule has 1 aromatic rings. The summed E-state index contributed by atoms with van der Waals surface area (Å²) in [6, 6.07) is 2.76. The van der Waals surface area contributed by atoms with Gasteiger partial charge in [-0.2, -0.15) is 5.10 Å². The zero-order valence-corrected chi connectivity index (χ0v) is 18.1. The van der Waals surface area contributed by atoms with Crippen molar-refractivity contribution in [3.8, 4) is 0 Å². The van der Waals surface area contributed by atoms with E-state index in [4.69, 9.17) is 9.52 Å². The Morgan fingerprint density at radius 1 is 1.08 bits per heavy atom. The van der Waals surface area contributed by atoms with Gasteiger partial charge in [0.25, 0.3) is 0 Å². The SMILES string of the molecule is CC(C)(C)c1ccn(C2CCC(CO[Si](C)(C)C(C)(C)C)CC2)n1. The van der Waals surface area contributed by atoms with Gasteiger partial charge in [-0.15, -0.1) is 0 Å². The van der Waals surface area contributed by atoms with Crippen molar-refractivity contribution in [2.45, 2.75) is 96.8 Å². The van der Waals surface area contributed by atoms with E-state index in [1.807, 2.05) is 0 Å². The van der Waals surface area contributed by atoms with Crippen LogP contribution in [0.3, 0.4) is 0 Å². The van der Waals surface area contributed by atoms with Crippen molar-refractivity contribution in [2.75, 3.05) is 6.61 Å². The molecule has 1 heterocycles. The van der Waals surface area contributed by atoms with Crippen LogP contribution in [0, 0.1) is 5.92 Å². The van der Waals surface area contributed by atoms with E-state index in [2.05, 4.69) is 71.6 Å². The Morgan fingerprint density at radius 3 is 2.12 bits per heavy atom. The van der Waals surface area contributed by atoms with Gasteiger partial charge in [0.15, 0.2) is 8.32 Å².